The quantitative estimate of drug-likeness (QED) is 0.461. The average Bonchev–Trinajstić information content (AvgIpc) is 2.51. The van der Waals surface area contributed by atoms with E-state index in [-0.39, 0.29) is 35.3 Å². The lowest BCUT2D eigenvalue weighted by atomic mass is 10.0. The van der Waals surface area contributed by atoms with E-state index in [1.54, 1.807) is 13.0 Å². The smallest absolute Gasteiger partial charge is 0.342 e. The van der Waals surface area contributed by atoms with E-state index in [1.807, 2.05) is 12.2 Å². The van der Waals surface area contributed by atoms with E-state index in [0.717, 1.165) is 18.9 Å². The Kier molecular flexibility index (Phi) is 6.12. The Bertz CT molecular complexity index is 678. The van der Waals surface area contributed by atoms with Gasteiger partial charge in [0, 0.05) is 18.9 Å². The number of aromatic hydroxyl groups is 2. The highest BCUT2D eigenvalue weighted by Crippen LogP contribution is 2.30. The van der Waals surface area contributed by atoms with Gasteiger partial charge in [-0.3, -0.25) is 0 Å². The van der Waals surface area contributed by atoms with Crippen molar-refractivity contribution < 1.29 is 19.7 Å². The van der Waals surface area contributed by atoms with Crippen LogP contribution in [0.15, 0.2) is 41.2 Å². The minimum Gasteiger partial charge on any atom is -0.508 e. The molecule has 1 heterocycles. The number of nitroso groups, excluding NO2 is 1. The Morgan fingerprint density at radius 1 is 1.21 bits per heavy atom. The molecule has 0 aliphatic carbocycles. The highest BCUT2D eigenvalue weighted by molar-refractivity contribution is 5.94. The second-order valence-corrected chi connectivity index (χ2v) is 5.82. The minimum atomic E-state index is -0.689. The summed E-state index contributed by atoms with van der Waals surface area (Å²) in [4.78, 5) is 23.4. The summed E-state index contributed by atoms with van der Waals surface area (Å²) < 4.78 is 5.35. The number of allylic oxidation sites excluding steroid dienone is 3. The molecule has 6 nitrogen and oxygen atoms in total. The molecule has 0 amide bonds. The van der Waals surface area contributed by atoms with E-state index in [9.17, 15) is 19.9 Å². The number of hydrogen-bond acceptors (Lipinski definition) is 6. The number of esters is 1. The number of cyclic esters (lactones) is 1. The molecule has 2 N–H and O–H groups in total. The number of benzene rings is 1. The largest absolute Gasteiger partial charge is 0.508 e. The fraction of sp³-hybridized carbons (Fsp3) is 0.389. The first-order valence-corrected chi connectivity index (χ1v) is 7.94. The molecule has 1 aliphatic rings. The van der Waals surface area contributed by atoms with E-state index >= 15 is 0 Å². The van der Waals surface area contributed by atoms with E-state index < -0.39 is 5.97 Å². The fourth-order valence-corrected chi connectivity index (χ4v) is 2.58. The Labute approximate surface area is 140 Å². The number of rotatable bonds is 1. The van der Waals surface area contributed by atoms with Crippen LogP contribution >= 0.6 is 0 Å². The molecule has 0 saturated carbocycles. The monoisotopic (exact) mass is 331 g/mol. The van der Waals surface area contributed by atoms with Gasteiger partial charge in [-0.1, -0.05) is 18.2 Å². The second-order valence-electron chi connectivity index (χ2n) is 5.82. The maximum absolute atomic E-state index is 12.4. The van der Waals surface area contributed by atoms with Crippen molar-refractivity contribution in [3.8, 4) is 11.5 Å². The third kappa shape index (κ3) is 4.68. The molecule has 0 spiro atoms. The molecule has 0 aromatic heterocycles. The molecular formula is C18H21NO5. The summed E-state index contributed by atoms with van der Waals surface area (Å²) in [7, 11) is 0. The number of carbonyl (C=O) groups is 1. The van der Waals surface area contributed by atoms with E-state index in [1.165, 1.54) is 6.07 Å². The third-order valence-corrected chi connectivity index (χ3v) is 3.77. The van der Waals surface area contributed by atoms with Crippen LogP contribution in [0.3, 0.4) is 0 Å². The third-order valence-electron chi connectivity index (χ3n) is 3.77. The van der Waals surface area contributed by atoms with Gasteiger partial charge in [-0.25, -0.2) is 4.79 Å². The van der Waals surface area contributed by atoms with Crippen molar-refractivity contribution in [1.82, 2.24) is 0 Å². The van der Waals surface area contributed by atoms with Crippen LogP contribution in [0.2, 0.25) is 0 Å². The molecule has 1 unspecified atom stereocenters. The number of ether oxygens (including phenoxy) is 1. The summed E-state index contributed by atoms with van der Waals surface area (Å²) in [5, 5.41) is 22.7. The van der Waals surface area contributed by atoms with E-state index in [4.69, 9.17) is 4.74 Å². The molecule has 0 saturated heterocycles. The lowest BCUT2D eigenvalue weighted by Crippen LogP contribution is -2.16. The first-order valence-electron chi connectivity index (χ1n) is 7.94. The zero-order chi connectivity index (χ0) is 17.5. The van der Waals surface area contributed by atoms with Gasteiger partial charge in [0.05, 0.1) is 5.70 Å². The highest BCUT2D eigenvalue weighted by atomic mass is 16.5. The van der Waals surface area contributed by atoms with Crippen LogP contribution in [-0.2, 0) is 11.2 Å². The predicted octanol–water partition coefficient (Wildman–Crippen LogP) is 3.97. The van der Waals surface area contributed by atoms with Crippen LogP contribution in [0.1, 0.15) is 48.5 Å². The van der Waals surface area contributed by atoms with Gasteiger partial charge in [0.2, 0.25) is 0 Å². The lowest BCUT2D eigenvalue weighted by molar-refractivity contribution is 0.0343. The summed E-state index contributed by atoms with van der Waals surface area (Å²) in [6.45, 7) is 1.77. The first-order chi connectivity index (χ1) is 11.5. The Morgan fingerprint density at radius 3 is 2.75 bits per heavy atom. The van der Waals surface area contributed by atoms with E-state index in [2.05, 4.69) is 5.18 Å². The van der Waals surface area contributed by atoms with Crippen molar-refractivity contribution in [2.45, 2.75) is 45.1 Å². The molecule has 2 rings (SSSR count). The highest BCUT2D eigenvalue weighted by Gasteiger charge is 2.22. The summed E-state index contributed by atoms with van der Waals surface area (Å²) in [6.07, 6.45) is 8.37. The van der Waals surface area contributed by atoms with Crippen molar-refractivity contribution in [3.05, 3.63) is 52.1 Å². The van der Waals surface area contributed by atoms with Gasteiger partial charge in [0.15, 0.2) is 0 Å². The van der Waals surface area contributed by atoms with Crippen LogP contribution in [0.5, 0.6) is 11.5 Å². The van der Waals surface area contributed by atoms with Crippen LogP contribution in [0.4, 0.5) is 0 Å². The summed E-state index contributed by atoms with van der Waals surface area (Å²) >= 11 is 0. The topological polar surface area (TPSA) is 96.2 Å². The SMILES string of the molecule is CC1CC=CCCCC=C(N=O)Cc2cc(O)cc(O)c2C(=O)O1. The zero-order valence-electron chi connectivity index (χ0n) is 13.6. The van der Waals surface area contributed by atoms with Gasteiger partial charge < -0.3 is 14.9 Å². The molecule has 128 valence electrons. The molecule has 0 bridgehead atoms. The van der Waals surface area contributed by atoms with Gasteiger partial charge in [0.25, 0.3) is 0 Å². The van der Waals surface area contributed by atoms with Crippen molar-refractivity contribution in [3.63, 3.8) is 0 Å². The standard InChI is InChI=1S/C18H21NO5/c1-12-7-5-3-2-4-6-8-14(19-23)9-13-10-15(20)11-16(21)17(13)18(22)24-12/h3,5,8,10-12,20-21H,2,4,6-7,9H2,1H3. The van der Waals surface area contributed by atoms with E-state index in [0.29, 0.717) is 18.4 Å². The second kappa shape index (κ2) is 8.29. The molecule has 1 atom stereocenters. The number of hydrogen-bond donors (Lipinski definition) is 2. The van der Waals surface area contributed by atoms with Gasteiger partial charge in [0.1, 0.15) is 23.2 Å². The van der Waals surface area contributed by atoms with Gasteiger partial charge >= 0.3 is 5.97 Å². The van der Waals surface area contributed by atoms with Crippen LogP contribution in [0, 0.1) is 4.91 Å². The van der Waals surface area contributed by atoms with Gasteiger partial charge in [-0.05, 0) is 43.0 Å². The Balaban J connectivity index is 2.44. The molecule has 0 radical (unpaired) electrons. The summed E-state index contributed by atoms with van der Waals surface area (Å²) in [5.41, 5.74) is 0.515. The number of phenols is 2. The predicted molar refractivity (Wildman–Crippen MR) is 89.8 cm³/mol. The van der Waals surface area contributed by atoms with Crippen molar-refractivity contribution in [2.24, 2.45) is 5.18 Å². The van der Waals surface area contributed by atoms with Crippen molar-refractivity contribution in [2.75, 3.05) is 0 Å². The molecule has 1 aliphatic heterocycles. The maximum atomic E-state index is 12.4. The molecule has 1 aromatic carbocycles. The van der Waals surface area contributed by atoms with Gasteiger partial charge in [-0.2, -0.15) is 0 Å². The van der Waals surface area contributed by atoms with Crippen LogP contribution in [-0.4, -0.2) is 22.3 Å². The van der Waals surface area contributed by atoms with Crippen molar-refractivity contribution in [1.29, 1.82) is 0 Å². The maximum Gasteiger partial charge on any atom is 0.342 e. The molecule has 6 heteroatoms. The van der Waals surface area contributed by atoms with Crippen LogP contribution in [0.25, 0.3) is 0 Å². The molecule has 1 aromatic rings. The molecule has 24 heavy (non-hydrogen) atoms. The molecular weight excluding hydrogens is 310 g/mol. The summed E-state index contributed by atoms with van der Waals surface area (Å²) in [6, 6.07) is 2.41. The first kappa shape index (κ1) is 17.7. The number of nitrogens with zero attached hydrogens (tertiary/aromatic N) is 1. The fourth-order valence-electron chi connectivity index (χ4n) is 2.58. The number of carbonyl (C=O) groups excluding carboxylic acids is 1. The number of fused-ring (bicyclic) bond motifs is 1. The van der Waals surface area contributed by atoms with Gasteiger partial charge in [-0.15, -0.1) is 4.91 Å². The summed E-state index contributed by atoms with van der Waals surface area (Å²) in [5.74, 6) is -1.26. The lowest BCUT2D eigenvalue weighted by Gasteiger charge is -2.15. The Morgan fingerprint density at radius 2 is 2.00 bits per heavy atom. The normalized spacial score (nSPS) is 19.6. The zero-order valence-corrected chi connectivity index (χ0v) is 13.6. The molecule has 0 fully saturated rings. The minimum absolute atomic E-state index is 0.0418. The average molecular weight is 331 g/mol. The van der Waals surface area contributed by atoms with Crippen LogP contribution < -0.4 is 0 Å². The van der Waals surface area contributed by atoms with Crippen molar-refractivity contribution >= 4 is 5.97 Å². The number of phenolic OH excluding ortho intramolecular Hbond substituents is 2. The Hall–Kier alpha value is -2.63.